The van der Waals surface area contributed by atoms with Crippen molar-refractivity contribution in [2.24, 2.45) is 11.7 Å². The first-order valence-electron chi connectivity index (χ1n) is 7.51. The van der Waals surface area contributed by atoms with Crippen LogP contribution in [0.2, 0.25) is 0 Å². The van der Waals surface area contributed by atoms with Crippen molar-refractivity contribution in [1.82, 2.24) is 4.90 Å². The average Bonchev–Trinajstić information content (AvgIpc) is 2.55. The molecule has 1 aliphatic rings. The number of hydrogen-bond acceptors (Lipinski definition) is 2. The summed E-state index contributed by atoms with van der Waals surface area (Å²) in [4.78, 5) is 14.3. The lowest BCUT2D eigenvalue weighted by molar-refractivity contribution is 0.184. The summed E-state index contributed by atoms with van der Waals surface area (Å²) in [6.45, 7) is 2.30. The molecule has 1 saturated heterocycles. The van der Waals surface area contributed by atoms with Crippen LogP contribution in [0.3, 0.4) is 0 Å². The van der Waals surface area contributed by atoms with Crippen molar-refractivity contribution in [1.29, 1.82) is 0 Å². The molecule has 0 aliphatic carbocycles. The molecule has 0 spiro atoms. The Bertz CT molecular complexity index is 627. The molecule has 2 amide bonds. The number of anilines is 1. The minimum Gasteiger partial charge on any atom is -0.330 e. The van der Waals surface area contributed by atoms with Crippen LogP contribution in [0.15, 0.2) is 42.5 Å². The van der Waals surface area contributed by atoms with Crippen molar-refractivity contribution in [3.05, 3.63) is 42.5 Å². The number of hydrogen-bond donors (Lipinski definition) is 2. The summed E-state index contributed by atoms with van der Waals surface area (Å²) in [6.07, 6.45) is 2.00. The zero-order chi connectivity index (χ0) is 14.7. The van der Waals surface area contributed by atoms with Gasteiger partial charge in [0.25, 0.3) is 0 Å². The molecule has 2 aromatic rings. The minimum absolute atomic E-state index is 0.0122. The number of carbonyl (C=O) groups excluding carboxylic acids is 1. The number of urea groups is 1. The van der Waals surface area contributed by atoms with Gasteiger partial charge in [-0.1, -0.05) is 36.4 Å². The molecule has 0 radical (unpaired) electrons. The van der Waals surface area contributed by atoms with E-state index in [4.69, 9.17) is 5.73 Å². The highest BCUT2D eigenvalue weighted by Gasteiger charge is 2.22. The molecule has 1 fully saturated rings. The largest absolute Gasteiger partial charge is 0.330 e. The van der Waals surface area contributed by atoms with E-state index in [1.54, 1.807) is 0 Å². The number of nitrogens with one attached hydrogen (secondary N) is 1. The van der Waals surface area contributed by atoms with Crippen LogP contribution in [0.5, 0.6) is 0 Å². The normalized spacial score (nSPS) is 16.1. The molecule has 3 N–H and O–H groups in total. The molecule has 0 aromatic heterocycles. The zero-order valence-electron chi connectivity index (χ0n) is 12.1. The summed E-state index contributed by atoms with van der Waals surface area (Å²) < 4.78 is 0. The Morgan fingerprint density at radius 3 is 2.62 bits per heavy atom. The van der Waals surface area contributed by atoms with Crippen molar-refractivity contribution in [2.75, 3.05) is 25.0 Å². The van der Waals surface area contributed by atoms with Gasteiger partial charge in [-0.2, -0.15) is 0 Å². The van der Waals surface area contributed by atoms with E-state index in [0.29, 0.717) is 5.92 Å². The topological polar surface area (TPSA) is 58.4 Å². The quantitative estimate of drug-likeness (QED) is 0.890. The summed E-state index contributed by atoms with van der Waals surface area (Å²) in [7, 11) is 0. The van der Waals surface area contributed by atoms with Crippen LogP contribution >= 0.6 is 0 Å². The van der Waals surface area contributed by atoms with E-state index in [-0.39, 0.29) is 6.03 Å². The van der Waals surface area contributed by atoms with E-state index in [1.807, 2.05) is 35.2 Å². The van der Waals surface area contributed by atoms with Crippen LogP contribution in [0, 0.1) is 5.92 Å². The van der Waals surface area contributed by atoms with Crippen molar-refractivity contribution >= 4 is 22.5 Å². The van der Waals surface area contributed by atoms with Gasteiger partial charge in [0, 0.05) is 18.5 Å². The predicted octanol–water partition coefficient (Wildman–Crippen LogP) is 3.04. The van der Waals surface area contributed by atoms with Gasteiger partial charge in [0.1, 0.15) is 0 Å². The summed E-state index contributed by atoms with van der Waals surface area (Å²) >= 11 is 0. The number of nitrogens with zero attached hydrogens (tertiary/aromatic N) is 1. The third-order valence-corrected chi connectivity index (χ3v) is 4.27. The Balaban J connectivity index is 1.72. The second-order valence-electron chi connectivity index (χ2n) is 5.62. The van der Waals surface area contributed by atoms with E-state index >= 15 is 0 Å². The van der Waals surface area contributed by atoms with Gasteiger partial charge in [-0.15, -0.1) is 0 Å². The fourth-order valence-corrected chi connectivity index (χ4v) is 2.90. The Morgan fingerprint density at radius 2 is 1.86 bits per heavy atom. The van der Waals surface area contributed by atoms with Crippen LogP contribution in [0.1, 0.15) is 12.8 Å². The second kappa shape index (κ2) is 6.14. The monoisotopic (exact) mass is 283 g/mol. The van der Waals surface area contributed by atoms with Gasteiger partial charge in [-0.25, -0.2) is 4.79 Å². The van der Waals surface area contributed by atoms with E-state index in [0.717, 1.165) is 48.9 Å². The Labute approximate surface area is 124 Å². The molecule has 4 nitrogen and oxygen atoms in total. The Hall–Kier alpha value is -2.07. The molecule has 3 rings (SSSR count). The highest BCUT2D eigenvalue weighted by atomic mass is 16.2. The number of nitrogens with two attached hydrogens (primary N) is 1. The maximum atomic E-state index is 12.4. The molecule has 1 heterocycles. The van der Waals surface area contributed by atoms with E-state index in [2.05, 4.69) is 17.4 Å². The molecular weight excluding hydrogens is 262 g/mol. The lowest BCUT2D eigenvalue weighted by Gasteiger charge is -2.31. The number of carbonyl (C=O) groups is 1. The molecule has 4 heteroatoms. The maximum absolute atomic E-state index is 12.4. The zero-order valence-corrected chi connectivity index (χ0v) is 12.1. The summed E-state index contributed by atoms with van der Waals surface area (Å²) in [5.41, 5.74) is 6.57. The Kier molecular flexibility index (Phi) is 4.06. The highest BCUT2D eigenvalue weighted by molar-refractivity contribution is 6.01. The van der Waals surface area contributed by atoms with Gasteiger partial charge in [-0.3, -0.25) is 0 Å². The van der Waals surface area contributed by atoms with E-state index in [1.165, 1.54) is 0 Å². The molecule has 1 aliphatic heterocycles. The third-order valence-electron chi connectivity index (χ3n) is 4.27. The molecular formula is C17H21N3O. The first kappa shape index (κ1) is 13.9. The first-order chi connectivity index (χ1) is 10.3. The van der Waals surface area contributed by atoms with Gasteiger partial charge < -0.3 is 16.0 Å². The van der Waals surface area contributed by atoms with Gasteiger partial charge in [0.05, 0.1) is 5.69 Å². The highest BCUT2D eigenvalue weighted by Crippen LogP contribution is 2.24. The number of fused-ring (bicyclic) bond motifs is 1. The molecule has 2 aromatic carbocycles. The van der Waals surface area contributed by atoms with Crippen LogP contribution in [-0.2, 0) is 0 Å². The van der Waals surface area contributed by atoms with E-state index < -0.39 is 0 Å². The van der Waals surface area contributed by atoms with Crippen molar-refractivity contribution in [2.45, 2.75) is 12.8 Å². The lowest BCUT2D eigenvalue weighted by Crippen LogP contribution is -2.42. The van der Waals surface area contributed by atoms with Crippen molar-refractivity contribution in [3.63, 3.8) is 0 Å². The third kappa shape index (κ3) is 3.00. The van der Waals surface area contributed by atoms with Gasteiger partial charge in [0.15, 0.2) is 0 Å². The fraction of sp³-hybridized carbons (Fsp3) is 0.353. The minimum atomic E-state index is -0.0122. The number of amides is 2. The lowest BCUT2D eigenvalue weighted by atomic mass is 9.97. The Morgan fingerprint density at radius 1 is 1.14 bits per heavy atom. The molecule has 0 bridgehead atoms. The molecule has 0 atom stereocenters. The van der Waals surface area contributed by atoms with E-state index in [9.17, 15) is 4.79 Å². The van der Waals surface area contributed by atoms with Crippen molar-refractivity contribution in [3.8, 4) is 0 Å². The van der Waals surface area contributed by atoms with Gasteiger partial charge >= 0.3 is 6.03 Å². The summed E-state index contributed by atoms with van der Waals surface area (Å²) in [5.74, 6) is 0.562. The van der Waals surface area contributed by atoms with Crippen LogP contribution in [0.25, 0.3) is 10.8 Å². The number of benzene rings is 2. The fourth-order valence-electron chi connectivity index (χ4n) is 2.90. The van der Waals surface area contributed by atoms with Gasteiger partial charge in [0.2, 0.25) is 0 Å². The average molecular weight is 283 g/mol. The van der Waals surface area contributed by atoms with Crippen LogP contribution in [0.4, 0.5) is 10.5 Å². The molecule has 0 unspecified atom stereocenters. The first-order valence-corrected chi connectivity index (χ1v) is 7.51. The van der Waals surface area contributed by atoms with Crippen molar-refractivity contribution < 1.29 is 4.79 Å². The maximum Gasteiger partial charge on any atom is 0.321 e. The summed E-state index contributed by atoms with van der Waals surface area (Å²) in [5, 5.41) is 5.25. The SMILES string of the molecule is NCC1CCN(C(=O)Nc2cccc3ccccc23)CC1. The standard InChI is InChI=1S/C17H21N3O/c18-12-13-8-10-20(11-9-13)17(21)19-16-7-3-5-14-4-1-2-6-15(14)16/h1-7,13H,8-12,18H2,(H,19,21). The summed E-state index contributed by atoms with van der Waals surface area (Å²) in [6, 6.07) is 14.0. The number of likely N-dealkylation sites (tertiary alicyclic amines) is 1. The van der Waals surface area contributed by atoms with Crippen LogP contribution < -0.4 is 11.1 Å². The number of piperidine rings is 1. The molecule has 0 saturated carbocycles. The van der Waals surface area contributed by atoms with Gasteiger partial charge in [-0.05, 0) is 36.8 Å². The number of rotatable bonds is 2. The molecule has 110 valence electrons. The molecule has 21 heavy (non-hydrogen) atoms. The second-order valence-corrected chi connectivity index (χ2v) is 5.62. The van der Waals surface area contributed by atoms with Crippen LogP contribution in [-0.4, -0.2) is 30.6 Å². The smallest absolute Gasteiger partial charge is 0.321 e. The predicted molar refractivity (Wildman–Crippen MR) is 86.3 cm³/mol.